The van der Waals surface area contributed by atoms with E-state index in [0.29, 0.717) is 25.0 Å². The van der Waals surface area contributed by atoms with Gasteiger partial charge >= 0.3 is 19.8 Å². The summed E-state index contributed by atoms with van der Waals surface area (Å²) in [6.45, 7) is 4.72. The number of phosphoric acid groups is 1. The first-order valence-corrected chi connectivity index (χ1v) is 26.1. The fraction of sp³-hybridized carbons (Fsp3) is 0.917. The van der Waals surface area contributed by atoms with Crippen molar-refractivity contribution < 1.29 is 52.5 Å². The van der Waals surface area contributed by atoms with Gasteiger partial charge in [0, 0.05) is 12.8 Å². The van der Waals surface area contributed by atoms with Crippen molar-refractivity contribution in [2.24, 2.45) is 5.92 Å². The van der Waals surface area contributed by atoms with Crippen molar-refractivity contribution in [3.05, 3.63) is 12.2 Å². The lowest BCUT2D eigenvalue weighted by atomic mass is 10.0. The SMILES string of the molecule is CCCCCC1OC1C/C=C\CCCCCCCC(=O)O[C@H](COC(=O)CCCCCCCCCCCCCCCCCCCCC(C)C)COP(=O)(O)OC[C@@H](O)CO. The predicted molar refractivity (Wildman–Crippen MR) is 242 cm³/mol. The summed E-state index contributed by atoms with van der Waals surface area (Å²) in [5.74, 6) is -0.0917. The first kappa shape index (κ1) is 56.7. The number of phosphoric ester groups is 1. The molecule has 60 heavy (non-hydrogen) atoms. The molecule has 1 rings (SSSR count). The molecule has 5 atom stereocenters. The van der Waals surface area contributed by atoms with Crippen LogP contribution in [0, 0.1) is 5.92 Å². The summed E-state index contributed by atoms with van der Waals surface area (Å²) in [5, 5.41) is 18.4. The third-order valence-electron chi connectivity index (χ3n) is 11.3. The molecule has 0 bridgehead atoms. The lowest BCUT2D eigenvalue weighted by molar-refractivity contribution is -0.161. The van der Waals surface area contributed by atoms with Crippen LogP contribution in [0.25, 0.3) is 0 Å². The van der Waals surface area contributed by atoms with E-state index in [9.17, 15) is 24.2 Å². The normalized spacial score (nSPS) is 17.2. The van der Waals surface area contributed by atoms with Crippen molar-refractivity contribution in [1.82, 2.24) is 0 Å². The minimum atomic E-state index is -4.62. The number of carbonyl (C=O) groups is 2. The number of carbonyl (C=O) groups excluding carboxylic acids is 2. The van der Waals surface area contributed by atoms with Crippen LogP contribution in [0.4, 0.5) is 0 Å². The summed E-state index contributed by atoms with van der Waals surface area (Å²) in [7, 11) is -4.62. The van der Waals surface area contributed by atoms with Crippen LogP contribution in [0.5, 0.6) is 0 Å². The topological polar surface area (TPSA) is 161 Å². The van der Waals surface area contributed by atoms with Crippen LogP contribution < -0.4 is 0 Å². The molecule has 1 aliphatic rings. The Kier molecular flexibility index (Phi) is 37.1. The third-order valence-corrected chi connectivity index (χ3v) is 12.2. The summed E-state index contributed by atoms with van der Waals surface area (Å²) in [6, 6.07) is 0. The number of aliphatic hydroxyl groups is 2. The fourth-order valence-electron chi connectivity index (χ4n) is 7.36. The van der Waals surface area contributed by atoms with Crippen LogP contribution in [-0.4, -0.2) is 77.9 Å². The Balaban J connectivity index is 2.16. The number of hydrogen-bond donors (Lipinski definition) is 3. The molecule has 1 aliphatic heterocycles. The summed E-state index contributed by atoms with van der Waals surface area (Å²) >= 11 is 0. The van der Waals surface area contributed by atoms with Gasteiger partial charge < -0.3 is 29.3 Å². The molecule has 12 heteroatoms. The highest BCUT2D eigenvalue weighted by Crippen LogP contribution is 2.43. The zero-order valence-electron chi connectivity index (χ0n) is 38.6. The van der Waals surface area contributed by atoms with Gasteiger partial charge in [-0.1, -0.05) is 187 Å². The standard InChI is InChI=1S/C48H91O11P/c1-4-5-28-34-45-46(59-45)35-30-25-21-18-19-23-27-32-37-48(52)58-44(41-57-60(53,54)56-39-43(50)38-49)40-55-47(51)36-31-26-22-17-15-13-11-9-7-6-8-10-12-14-16-20-24-29-33-42(2)3/h25,30,42-46,49-50H,4-24,26-29,31-41H2,1-3H3,(H,53,54)/b30-25-/t43-,44+,45?,46?/m0/s1. The maximum absolute atomic E-state index is 12.7. The average molecular weight is 875 g/mol. The zero-order chi connectivity index (χ0) is 43.9. The third kappa shape index (κ3) is 37.2. The van der Waals surface area contributed by atoms with Crippen LogP contribution in [0.2, 0.25) is 0 Å². The molecule has 0 radical (unpaired) electrons. The Labute approximate surface area is 366 Å². The largest absolute Gasteiger partial charge is 0.472 e. The molecule has 1 saturated heterocycles. The molecule has 0 spiro atoms. The Bertz CT molecular complexity index is 1090. The maximum Gasteiger partial charge on any atom is 0.472 e. The molecule has 3 unspecified atom stereocenters. The second-order valence-corrected chi connectivity index (χ2v) is 19.2. The van der Waals surface area contributed by atoms with Crippen molar-refractivity contribution in [1.29, 1.82) is 0 Å². The summed E-state index contributed by atoms with van der Waals surface area (Å²) in [4.78, 5) is 35.1. The highest BCUT2D eigenvalue weighted by atomic mass is 31.2. The first-order chi connectivity index (χ1) is 29.1. The van der Waals surface area contributed by atoms with E-state index >= 15 is 0 Å². The van der Waals surface area contributed by atoms with E-state index in [-0.39, 0.29) is 19.4 Å². The number of esters is 2. The van der Waals surface area contributed by atoms with Gasteiger partial charge in [-0.3, -0.25) is 18.6 Å². The minimum Gasteiger partial charge on any atom is -0.462 e. The van der Waals surface area contributed by atoms with Crippen molar-refractivity contribution in [3.8, 4) is 0 Å². The number of unbranched alkanes of at least 4 members (excludes halogenated alkanes) is 24. The summed E-state index contributed by atoms with van der Waals surface area (Å²) in [6.07, 6.45) is 39.2. The van der Waals surface area contributed by atoms with E-state index in [1.54, 1.807) is 0 Å². The molecule has 1 fully saturated rings. The lowest BCUT2D eigenvalue weighted by Gasteiger charge is -2.20. The number of aliphatic hydroxyl groups excluding tert-OH is 2. The highest BCUT2D eigenvalue weighted by molar-refractivity contribution is 7.47. The van der Waals surface area contributed by atoms with E-state index in [0.717, 1.165) is 63.7 Å². The molecule has 1 heterocycles. The molecular formula is C48H91O11P. The molecule has 0 saturated carbocycles. The zero-order valence-corrected chi connectivity index (χ0v) is 39.4. The Morgan fingerprint density at radius 2 is 1.13 bits per heavy atom. The molecule has 11 nitrogen and oxygen atoms in total. The average Bonchev–Trinajstić information content (AvgIpc) is 3.98. The molecule has 0 amide bonds. The van der Waals surface area contributed by atoms with Gasteiger partial charge in [-0.15, -0.1) is 0 Å². The summed E-state index contributed by atoms with van der Waals surface area (Å²) < 4.78 is 38.6. The van der Waals surface area contributed by atoms with Crippen LogP contribution in [0.3, 0.4) is 0 Å². The molecule has 0 aromatic carbocycles. The monoisotopic (exact) mass is 875 g/mol. The van der Waals surface area contributed by atoms with E-state index in [1.807, 2.05) is 0 Å². The van der Waals surface area contributed by atoms with Crippen molar-refractivity contribution in [2.75, 3.05) is 26.4 Å². The van der Waals surface area contributed by atoms with Gasteiger partial charge in [0.05, 0.1) is 32.0 Å². The highest BCUT2D eigenvalue weighted by Gasteiger charge is 2.36. The molecule has 0 aliphatic carbocycles. The second-order valence-electron chi connectivity index (χ2n) is 17.7. The number of rotatable bonds is 45. The minimum absolute atomic E-state index is 0.167. The number of epoxide rings is 1. The molecule has 0 aromatic heterocycles. The lowest BCUT2D eigenvalue weighted by Crippen LogP contribution is -2.29. The van der Waals surface area contributed by atoms with E-state index in [1.165, 1.54) is 122 Å². The fourth-order valence-corrected chi connectivity index (χ4v) is 8.15. The van der Waals surface area contributed by atoms with Gasteiger partial charge in [0.25, 0.3) is 0 Å². The van der Waals surface area contributed by atoms with Gasteiger partial charge in [0.1, 0.15) is 12.7 Å². The van der Waals surface area contributed by atoms with E-state index in [2.05, 4.69) is 32.9 Å². The second kappa shape index (κ2) is 39.3. The van der Waals surface area contributed by atoms with Crippen molar-refractivity contribution in [3.63, 3.8) is 0 Å². The van der Waals surface area contributed by atoms with Crippen LogP contribution in [0.15, 0.2) is 12.2 Å². The Morgan fingerprint density at radius 1 is 0.633 bits per heavy atom. The van der Waals surface area contributed by atoms with Gasteiger partial charge in [0.2, 0.25) is 0 Å². The van der Waals surface area contributed by atoms with E-state index < -0.39 is 51.8 Å². The van der Waals surface area contributed by atoms with Crippen molar-refractivity contribution in [2.45, 2.75) is 251 Å². The van der Waals surface area contributed by atoms with Gasteiger partial charge in [0.15, 0.2) is 6.10 Å². The quantitative estimate of drug-likeness (QED) is 0.0176. The van der Waals surface area contributed by atoms with Crippen molar-refractivity contribution >= 4 is 19.8 Å². The van der Waals surface area contributed by atoms with Gasteiger partial charge in [-0.25, -0.2) is 4.57 Å². The van der Waals surface area contributed by atoms with Gasteiger partial charge in [-0.2, -0.15) is 0 Å². The number of hydrogen-bond acceptors (Lipinski definition) is 10. The molecule has 0 aromatic rings. The Hall–Kier alpha value is -1.33. The maximum atomic E-state index is 12.7. The number of ether oxygens (including phenoxy) is 3. The van der Waals surface area contributed by atoms with Crippen LogP contribution in [-0.2, 0) is 37.4 Å². The first-order valence-electron chi connectivity index (χ1n) is 24.6. The molecule has 354 valence electrons. The van der Waals surface area contributed by atoms with Gasteiger partial charge in [-0.05, 0) is 44.4 Å². The van der Waals surface area contributed by atoms with E-state index in [4.69, 9.17) is 28.4 Å². The molecular weight excluding hydrogens is 783 g/mol. The predicted octanol–water partition coefficient (Wildman–Crippen LogP) is 12.4. The smallest absolute Gasteiger partial charge is 0.462 e. The van der Waals surface area contributed by atoms with Crippen LogP contribution >= 0.6 is 7.82 Å². The summed E-state index contributed by atoms with van der Waals surface area (Å²) in [5.41, 5.74) is 0. The number of allylic oxidation sites excluding steroid dienone is 1. The molecule has 3 N–H and O–H groups in total. The Morgan fingerprint density at radius 3 is 1.67 bits per heavy atom. The van der Waals surface area contributed by atoms with Crippen LogP contribution in [0.1, 0.15) is 226 Å².